The normalized spacial score (nSPS) is 10.3. The van der Waals surface area contributed by atoms with Crippen LogP contribution in [0.3, 0.4) is 0 Å². The molecule has 0 aliphatic heterocycles. The first kappa shape index (κ1) is 14.6. The number of imidazole rings is 1. The highest BCUT2D eigenvalue weighted by Crippen LogP contribution is 2.21. The van der Waals surface area contributed by atoms with Crippen molar-refractivity contribution < 1.29 is 14.6 Å². The van der Waals surface area contributed by atoms with E-state index >= 15 is 0 Å². The highest BCUT2D eigenvalue weighted by molar-refractivity contribution is 5.93. The van der Waals surface area contributed by atoms with Crippen molar-refractivity contribution in [2.45, 2.75) is 0 Å². The zero-order valence-corrected chi connectivity index (χ0v) is 12.2. The lowest BCUT2D eigenvalue weighted by Crippen LogP contribution is -2.20. The van der Waals surface area contributed by atoms with Crippen LogP contribution in [-0.2, 0) is 4.79 Å². The van der Waals surface area contributed by atoms with E-state index in [1.165, 1.54) is 6.07 Å². The Morgan fingerprint density at radius 3 is 2.65 bits per heavy atom. The topological polar surface area (TPSA) is 76.4 Å². The first-order valence-electron chi connectivity index (χ1n) is 7.01. The number of amides is 1. The second-order valence-electron chi connectivity index (χ2n) is 4.82. The number of phenolic OH excluding ortho intramolecular Hbond substituents is 1. The first-order valence-corrected chi connectivity index (χ1v) is 7.01. The van der Waals surface area contributed by atoms with E-state index in [1.54, 1.807) is 42.9 Å². The van der Waals surface area contributed by atoms with E-state index in [0.29, 0.717) is 11.4 Å². The molecule has 0 fully saturated rings. The SMILES string of the molecule is O=C(COc1ccc(-n2ccnc2)cc1)Nc1ccccc1O. The number of phenols is 1. The Bertz CT molecular complexity index is 783. The fraction of sp³-hybridized carbons (Fsp3) is 0.0588. The molecule has 0 aliphatic rings. The minimum atomic E-state index is -0.342. The van der Waals surface area contributed by atoms with Crippen molar-refractivity contribution in [1.82, 2.24) is 9.55 Å². The van der Waals surface area contributed by atoms with Crippen LogP contribution >= 0.6 is 0 Å². The Kier molecular flexibility index (Phi) is 4.24. The summed E-state index contributed by atoms with van der Waals surface area (Å²) < 4.78 is 7.30. The third kappa shape index (κ3) is 3.68. The Morgan fingerprint density at radius 2 is 1.96 bits per heavy atom. The molecule has 2 N–H and O–H groups in total. The van der Waals surface area contributed by atoms with Crippen LogP contribution < -0.4 is 10.1 Å². The molecule has 1 aromatic heterocycles. The standard InChI is InChI=1S/C17H15N3O3/c21-16-4-2-1-3-15(16)19-17(22)11-23-14-7-5-13(6-8-14)20-10-9-18-12-20/h1-10,12,21H,11H2,(H,19,22). The monoisotopic (exact) mass is 309 g/mol. The molecule has 0 bridgehead atoms. The summed E-state index contributed by atoms with van der Waals surface area (Å²) in [5, 5.41) is 12.2. The Balaban J connectivity index is 1.56. The molecule has 0 saturated carbocycles. The van der Waals surface area contributed by atoms with Crippen molar-refractivity contribution in [3.63, 3.8) is 0 Å². The van der Waals surface area contributed by atoms with Crippen LogP contribution in [0.15, 0.2) is 67.3 Å². The van der Waals surface area contributed by atoms with Gasteiger partial charge in [-0.15, -0.1) is 0 Å². The molecule has 1 heterocycles. The molecule has 1 amide bonds. The van der Waals surface area contributed by atoms with Gasteiger partial charge in [-0.2, -0.15) is 0 Å². The van der Waals surface area contributed by atoms with Crippen LogP contribution in [0.4, 0.5) is 5.69 Å². The van der Waals surface area contributed by atoms with Crippen molar-refractivity contribution in [2.24, 2.45) is 0 Å². The predicted molar refractivity (Wildman–Crippen MR) is 85.8 cm³/mol. The van der Waals surface area contributed by atoms with Crippen LogP contribution in [-0.4, -0.2) is 27.2 Å². The molecule has 116 valence electrons. The van der Waals surface area contributed by atoms with E-state index in [2.05, 4.69) is 10.3 Å². The van der Waals surface area contributed by atoms with E-state index in [9.17, 15) is 9.90 Å². The van der Waals surface area contributed by atoms with Gasteiger partial charge in [0.05, 0.1) is 12.0 Å². The summed E-state index contributed by atoms with van der Waals surface area (Å²) in [4.78, 5) is 15.8. The molecule has 2 aromatic carbocycles. The minimum Gasteiger partial charge on any atom is -0.506 e. The number of aromatic hydroxyl groups is 1. The van der Waals surface area contributed by atoms with Gasteiger partial charge in [0.25, 0.3) is 5.91 Å². The van der Waals surface area contributed by atoms with E-state index in [4.69, 9.17) is 4.74 Å². The average Bonchev–Trinajstić information content (AvgIpc) is 3.10. The van der Waals surface area contributed by atoms with E-state index < -0.39 is 0 Å². The lowest BCUT2D eigenvalue weighted by Gasteiger charge is -2.09. The number of para-hydroxylation sites is 2. The zero-order chi connectivity index (χ0) is 16.1. The van der Waals surface area contributed by atoms with Gasteiger partial charge in [-0.05, 0) is 36.4 Å². The number of nitrogens with one attached hydrogen (secondary N) is 1. The predicted octanol–water partition coefficient (Wildman–Crippen LogP) is 2.60. The lowest BCUT2D eigenvalue weighted by molar-refractivity contribution is -0.118. The van der Waals surface area contributed by atoms with Crippen molar-refractivity contribution in [1.29, 1.82) is 0 Å². The molecule has 6 heteroatoms. The van der Waals surface area contributed by atoms with Gasteiger partial charge in [-0.25, -0.2) is 4.98 Å². The highest BCUT2D eigenvalue weighted by atomic mass is 16.5. The molecule has 0 spiro atoms. The summed E-state index contributed by atoms with van der Waals surface area (Å²) in [5.74, 6) is 0.261. The van der Waals surface area contributed by atoms with E-state index in [-0.39, 0.29) is 18.3 Å². The first-order chi connectivity index (χ1) is 11.2. The van der Waals surface area contributed by atoms with Gasteiger partial charge in [0.1, 0.15) is 11.5 Å². The molecule has 3 rings (SSSR count). The summed E-state index contributed by atoms with van der Waals surface area (Å²) in [6.07, 6.45) is 5.25. The van der Waals surface area contributed by atoms with Gasteiger partial charge in [0.15, 0.2) is 6.61 Å². The number of hydrogen-bond acceptors (Lipinski definition) is 4. The maximum Gasteiger partial charge on any atom is 0.262 e. The van der Waals surface area contributed by atoms with Crippen molar-refractivity contribution in [3.8, 4) is 17.2 Å². The third-order valence-corrected chi connectivity index (χ3v) is 3.19. The van der Waals surface area contributed by atoms with Crippen molar-refractivity contribution >= 4 is 11.6 Å². The van der Waals surface area contributed by atoms with Gasteiger partial charge >= 0.3 is 0 Å². The number of benzene rings is 2. The van der Waals surface area contributed by atoms with Gasteiger partial charge in [-0.3, -0.25) is 4.79 Å². The van der Waals surface area contributed by atoms with Crippen molar-refractivity contribution in [2.75, 3.05) is 11.9 Å². The Labute approximate surface area is 133 Å². The molecule has 0 saturated heterocycles. The molecule has 0 radical (unpaired) electrons. The molecule has 0 atom stereocenters. The van der Waals surface area contributed by atoms with Gasteiger partial charge in [0, 0.05) is 18.1 Å². The number of rotatable bonds is 5. The van der Waals surface area contributed by atoms with Crippen LogP contribution in [0.25, 0.3) is 5.69 Å². The molecular formula is C17H15N3O3. The fourth-order valence-corrected chi connectivity index (χ4v) is 2.04. The molecule has 23 heavy (non-hydrogen) atoms. The van der Waals surface area contributed by atoms with Crippen LogP contribution in [0.5, 0.6) is 11.5 Å². The maximum absolute atomic E-state index is 11.8. The maximum atomic E-state index is 11.8. The summed E-state index contributed by atoms with van der Waals surface area (Å²) in [6.45, 7) is -0.140. The summed E-state index contributed by atoms with van der Waals surface area (Å²) in [7, 11) is 0. The van der Waals surface area contributed by atoms with E-state index in [1.807, 2.05) is 22.9 Å². The number of nitrogens with zero attached hydrogens (tertiary/aromatic N) is 2. The number of carbonyl (C=O) groups is 1. The smallest absolute Gasteiger partial charge is 0.262 e. The number of ether oxygens (including phenoxy) is 1. The molecule has 0 aliphatic carbocycles. The van der Waals surface area contributed by atoms with Gasteiger partial charge < -0.3 is 19.7 Å². The molecule has 6 nitrogen and oxygen atoms in total. The third-order valence-electron chi connectivity index (χ3n) is 3.19. The van der Waals surface area contributed by atoms with Gasteiger partial charge in [-0.1, -0.05) is 12.1 Å². The summed E-state index contributed by atoms with van der Waals surface area (Å²) in [5.41, 5.74) is 1.31. The number of anilines is 1. The Hall–Kier alpha value is -3.28. The average molecular weight is 309 g/mol. The number of aromatic nitrogens is 2. The summed E-state index contributed by atoms with van der Waals surface area (Å²) in [6, 6.07) is 13.8. The fourth-order valence-electron chi connectivity index (χ4n) is 2.04. The number of hydrogen-bond donors (Lipinski definition) is 2. The molecule has 0 unspecified atom stereocenters. The molecule has 3 aromatic rings. The largest absolute Gasteiger partial charge is 0.506 e. The van der Waals surface area contributed by atoms with Crippen LogP contribution in [0.1, 0.15) is 0 Å². The second kappa shape index (κ2) is 6.65. The number of carbonyl (C=O) groups excluding carboxylic acids is 1. The zero-order valence-electron chi connectivity index (χ0n) is 12.2. The lowest BCUT2D eigenvalue weighted by atomic mass is 10.3. The van der Waals surface area contributed by atoms with Crippen LogP contribution in [0, 0.1) is 0 Å². The minimum absolute atomic E-state index is 0.0190. The van der Waals surface area contributed by atoms with Gasteiger partial charge in [0.2, 0.25) is 0 Å². The van der Waals surface area contributed by atoms with Crippen molar-refractivity contribution in [3.05, 3.63) is 67.3 Å². The summed E-state index contributed by atoms with van der Waals surface area (Å²) >= 11 is 0. The molecular weight excluding hydrogens is 294 g/mol. The van der Waals surface area contributed by atoms with Crippen LogP contribution in [0.2, 0.25) is 0 Å². The second-order valence-corrected chi connectivity index (χ2v) is 4.82. The quantitative estimate of drug-likeness (QED) is 0.710. The highest BCUT2D eigenvalue weighted by Gasteiger charge is 2.06. The van der Waals surface area contributed by atoms with E-state index in [0.717, 1.165) is 5.69 Å². The Morgan fingerprint density at radius 1 is 1.17 bits per heavy atom.